The molecule has 0 N–H and O–H groups in total. The maximum absolute atomic E-state index is 11.8. The molecule has 1 heterocycles. The molecule has 2 heteroatoms. The molecule has 0 aromatic heterocycles. The van der Waals surface area contributed by atoms with E-state index in [0.29, 0.717) is 6.42 Å². The van der Waals surface area contributed by atoms with Gasteiger partial charge in [0.05, 0.1) is 0 Å². The van der Waals surface area contributed by atoms with Crippen molar-refractivity contribution in [2.45, 2.75) is 90.1 Å². The highest BCUT2D eigenvalue weighted by Crippen LogP contribution is 2.19. The molecule has 0 aromatic rings. The molecular formula is C17H30O2. The summed E-state index contributed by atoms with van der Waals surface area (Å²) in [6, 6.07) is 0. The summed E-state index contributed by atoms with van der Waals surface area (Å²) in [4.78, 5) is 11.8. The van der Waals surface area contributed by atoms with Crippen LogP contribution in [0, 0.1) is 0 Å². The first-order valence-electron chi connectivity index (χ1n) is 7.97. The highest BCUT2D eigenvalue weighted by atomic mass is 16.6. The molecule has 1 rings (SSSR count). The van der Waals surface area contributed by atoms with E-state index in [-0.39, 0.29) is 11.6 Å². The Kier molecular flexibility index (Phi) is 7.85. The summed E-state index contributed by atoms with van der Waals surface area (Å²) in [6.07, 6.45) is 16.9. The lowest BCUT2D eigenvalue weighted by Crippen LogP contribution is -2.27. The van der Waals surface area contributed by atoms with Crippen molar-refractivity contribution < 1.29 is 9.53 Å². The molecule has 0 unspecified atom stereocenters. The number of ether oxygens (including phenoxy) is 1. The summed E-state index contributed by atoms with van der Waals surface area (Å²) in [7, 11) is 0. The van der Waals surface area contributed by atoms with Crippen LogP contribution in [0.25, 0.3) is 0 Å². The predicted molar refractivity (Wildman–Crippen MR) is 80.1 cm³/mol. The second-order valence-electron chi connectivity index (χ2n) is 6.26. The van der Waals surface area contributed by atoms with Crippen molar-refractivity contribution >= 4 is 5.97 Å². The number of carbonyl (C=O) groups is 1. The molecule has 0 radical (unpaired) electrons. The van der Waals surface area contributed by atoms with E-state index < -0.39 is 0 Å². The van der Waals surface area contributed by atoms with E-state index in [2.05, 4.69) is 12.2 Å². The molecule has 1 aliphatic rings. The second-order valence-corrected chi connectivity index (χ2v) is 6.26. The predicted octanol–water partition coefficient (Wildman–Crippen LogP) is 5.17. The van der Waals surface area contributed by atoms with Crippen LogP contribution in [0.5, 0.6) is 0 Å². The van der Waals surface area contributed by atoms with Gasteiger partial charge in [-0.3, -0.25) is 4.79 Å². The summed E-state index contributed by atoms with van der Waals surface area (Å²) in [5, 5.41) is 0. The summed E-state index contributed by atoms with van der Waals surface area (Å²) >= 11 is 0. The van der Waals surface area contributed by atoms with Crippen LogP contribution in [0.3, 0.4) is 0 Å². The van der Waals surface area contributed by atoms with Crippen LogP contribution in [0.2, 0.25) is 0 Å². The Morgan fingerprint density at radius 3 is 2.21 bits per heavy atom. The molecule has 2 nitrogen and oxygen atoms in total. The van der Waals surface area contributed by atoms with Gasteiger partial charge in [-0.05, 0) is 46.0 Å². The average Bonchev–Trinajstić information content (AvgIpc) is 2.33. The molecule has 19 heavy (non-hydrogen) atoms. The van der Waals surface area contributed by atoms with Gasteiger partial charge in [0.25, 0.3) is 0 Å². The number of hydrogen-bond acceptors (Lipinski definition) is 2. The topological polar surface area (TPSA) is 26.3 Å². The van der Waals surface area contributed by atoms with Gasteiger partial charge in [-0.15, -0.1) is 0 Å². The van der Waals surface area contributed by atoms with Gasteiger partial charge in [0, 0.05) is 6.42 Å². The lowest BCUT2D eigenvalue weighted by atomic mass is 10.0. The highest BCUT2D eigenvalue weighted by Gasteiger charge is 2.21. The van der Waals surface area contributed by atoms with Gasteiger partial charge in [0.1, 0.15) is 5.60 Å². The molecule has 1 aliphatic heterocycles. The smallest absolute Gasteiger partial charge is 0.306 e. The van der Waals surface area contributed by atoms with Crippen LogP contribution in [0.4, 0.5) is 0 Å². The van der Waals surface area contributed by atoms with E-state index in [1.807, 2.05) is 13.8 Å². The number of hydrogen-bond donors (Lipinski definition) is 0. The molecule has 0 fully saturated rings. The Bertz CT molecular complexity index is 279. The number of allylic oxidation sites excluding steroid dienone is 2. The van der Waals surface area contributed by atoms with Gasteiger partial charge in [-0.2, -0.15) is 0 Å². The minimum atomic E-state index is -0.321. The Balaban J connectivity index is 2.40. The number of esters is 1. The first-order chi connectivity index (χ1) is 9.10. The fourth-order valence-electron chi connectivity index (χ4n) is 2.49. The first-order valence-corrected chi connectivity index (χ1v) is 7.97. The third-order valence-corrected chi connectivity index (χ3v) is 3.72. The molecule has 0 atom stereocenters. The van der Waals surface area contributed by atoms with Gasteiger partial charge in [-0.1, -0.05) is 44.3 Å². The summed E-state index contributed by atoms with van der Waals surface area (Å²) in [5.41, 5.74) is -0.321. The van der Waals surface area contributed by atoms with Crippen molar-refractivity contribution in [3.05, 3.63) is 12.2 Å². The van der Waals surface area contributed by atoms with Gasteiger partial charge < -0.3 is 4.74 Å². The highest BCUT2D eigenvalue weighted by molar-refractivity contribution is 5.69. The van der Waals surface area contributed by atoms with Crippen LogP contribution < -0.4 is 0 Å². The van der Waals surface area contributed by atoms with E-state index >= 15 is 0 Å². The molecule has 0 bridgehead atoms. The van der Waals surface area contributed by atoms with Crippen LogP contribution in [0.1, 0.15) is 84.5 Å². The maximum atomic E-state index is 11.8. The Morgan fingerprint density at radius 1 is 0.895 bits per heavy atom. The van der Waals surface area contributed by atoms with Gasteiger partial charge in [0.2, 0.25) is 0 Å². The fraction of sp³-hybridized carbons (Fsp3) is 0.824. The van der Waals surface area contributed by atoms with Crippen LogP contribution in [0.15, 0.2) is 12.2 Å². The van der Waals surface area contributed by atoms with E-state index in [9.17, 15) is 4.79 Å². The molecule has 0 spiro atoms. The van der Waals surface area contributed by atoms with E-state index in [1.165, 1.54) is 38.5 Å². The quantitative estimate of drug-likeness (QED) is 0.446. The lowest BCUT2D eigenvalue weighted by molar-refractivity contribution is -0.157. The third-order valence-electron chi connectivity index (χ3n) is 3.72. The molecule has 0 aromatic carbocycles. The maximum Gasteiger partial charge on any atom is 0.306 e. The first kappa shape index (κ1) is 16.3. The van der Waals surface area contributed by atoms with Crippen molar-refractivity contribution in [2.75, 3.05) is 0 Å². The third kappa shape index (κ3) is 8.85. The number of carbonyl (C=O) groups excluding carboxylic acids is 1. The van der Waals surface area contributed by atoms with Gasteiger partial charge in [0.15, 0.2) is 0 Å². The van der Waals surface area contributed by atoms with E-state index in [0.717, 1.165) is 25.7 Å². The second kappa shape index (κ2) is 9.17. The van der Waals surface area contributed by atoms with Gasteiger partial charge in [-0.25, -0.2) is 0 Å². The largest absolute Gasteiger partial charge is 0.460 e. The Hall–Kier alpha value is -0.790. The zero-order valence-electron chi connectivity index (χ0n) is 12.7. The number of cyclic esters (lactones) is 1. The molecule has 110 valence electrons. The van der Waals surface area contributed by atoms with E-state index in [1.54, 1.807) is 0 Å². The number of rotatable bonds is 0. The molecule has 0 saturated heterocycles. The Labute approximate surface area is 118 Å². The zero-order valence-corrected chi connectivity index (χ0v) is 12.7. The fourth-order valence-corrected chi connectivity index (χ4v) is 2.49. The van der Waals surface area contributed by atoms with Crippen LogP contribution in [-0.4, -0.2) is 11.6 Å². The molecular weight excluding hydrogens is 236 g/mol. The van der Waals surface area contributed by atoms with Gasteiger partial charge >= 0.3 is 5.97 Å². The minimum Gasteiger partial charge on any atom is -0.460 e. The van der Waals surface area contributed by atoms with Crippen LogP contribution in [-0.2, 0) is 9.53 Å². The summed E-state index contributed by atoms with van der Waals surface area (Å²) in [5.74, 6) is -0.0268. The van der Waals surface area contributed by atoms with Crippen molar-refractivity contribution in [3.8, 4) is 0 Å². The van der Waals surface area contributed by atoms with E-state index in [4.69, 9.17) is 4.74 Å². The van der Waals surface area contributed by atoms with Crippen molar-refractivity contribution in [1.82, 2.24) is 0 Å². The SMILES string of the molecule is CC1(C)CC/C=C/CCCCCCCCCC(=O)O1. The monoisotopic (exact) mass is 266 g/mol. The molecule has 0 amide bonds. The lowest BCUT2D eigenvalue weighted by Gasteiger charge is -2.24. The summed E-state index contributed by atoms with van der Waals surface area (Å²) < 4.78 is 5.57. The molecule has 0 saturated carbocycles. The van der Waals surface area contributed by atoms with Crippen molar-refractivity contribution in [3.63, 3.8) is 0 Å². The normalized spacial score (nSPS) is 25.5. The average molecular weight is 266 g/mol. The summed E-state index contributed by atoms with van der Waals surface area (Å²) in [6.45, 7) is 4.03. The standard InChI is InChI=1S/C17H30O2/c1-17(2)15-13-11-9-7-5-3-4-6-8-10-12-14-16(18)19-17/h9,11H,3-8,10,12-15H2,1-2H3/b11-9+. The van der Waals surface area contributed by atoms with Crippen molar-refractivity contribution in [1.29, 1.82) is 0 Å². The van der Waals surface area contributed by atoms with Crippen LogP contribution >= 0.6 is 0 Å². The minimum absolute atomic E-state index is 0.0268. The Morgan fingerprint density at radius 2 is 1.47 bits per heavy atom. The van der Waals surface area contributed by atoms with Crippen molar-refractivity contribution in [2.24, 2.45) is 0 Å². The molecule has 0 aliphatic carbocycles. The zero-order chi connectivity index (χ0) is 14.0.